The van der Waals surface area contributed by atoms with Crippen LogP contribution in [0, 0.1) is 0 Å². The van der Waals surface area contributed by atoms with Gasteiger partial charge in [0.05, 0.1) is 13.7 Å². The molecule has 0 aliphatic rings. The SMILES string of the molecule is CCC=C(OC)C(=O)OCC. The molecule has 0 saturated heterocycles. The van der Waals surface area contributed by atoms with Crippen molar-refractivity contribution in [2.24, 2.45) is 0 Å². The molecule has 0 amide bonds. The Morgan fingerprint density at radius 3 is 2.45 bits per heavy atom. The predicted molar refractivity (Wildman–Crippen MR) is 42.0 cm³/mol. The molecule has 0 atom stereocenters. The minimum absolute atomic E-state index is 0.286. The highest BCUT2D eigenvalue weighted by atomic mass is 16.6. The van der Waals surface area contributed by atoms with E-state index in [0.29, 0.717) is 6.61 Å². The van der Waals surface area contributed by atoms with E-state index in [-0.39, 0.29) is 5.76 Å². The van der Waals surface area contributed by atoms with Crippen molar-refractivity contribution < 1.29 is 14.3 Å². The lowest BCUT2D eigenvalue weighted by molar-refractivity contribution is -0.142. The molecule has 0 aliphatic carbocycles. The Morgan fingerprint density at radius 2 is 2.09 bits per heavy atom. The zero-order chi connectivity index (χ0) is 8.69. The molecule has 0 radical (unpaired) electrons. The molecule has 11 heavy (non-hydrogen) atoms. The summed E-state index contributed by atoms with van der Waals surface area (Å²) in [6.45, 7) is 4.07. The van der Waals surface area contributed by atoms with Gasteiger partial charge in [0.25, 0.3) is 0 Å². The van der Waals surface area contributed by atoms with Gasteiger partial charge >= 0.3 is 5.97 Å². The van der Waals surface area contributed by atoms with Crippen molar-refractivity contribution in [3.05, 3.63) is 11.8 Å². The Hall–Kier alpha value is -0.990. The van der Waals surface area contributed by atoms with Gasteiger partial charge in [-0.3, -0.25) is 0 Å². The molecular weight excluding hydrogens is 144 g/mol. The molecular formula is C8H14O3. The summed E-state index contributed by atoms with van der Waals surface area (Å²) < 4.78 is 9.51. The molecule has 64 valence electrons. The van der Waals surface area contributed by atoms with Crippen LogP contribution in [0.1, 0.15) is 20.3 Å². The van der Waals surface area contributed by atoms with Crippen molar-refractivity contribution in [2.75, 3.05) is 13.7 Å². The quantitative estimate of drug-likeness (QED) is 0.353. The normalized spacial score (nSPS) is 11.0. The van der Waals surface area contributed by atoms with E-state index in [9.17, 15) is 4.79 Å². The molecule has 0 bridgehead atoms. The molecule has 3 nitrogen and oxygen atoms in total. The third kappa shape index (κ3) is 3.65. The summed E-state index contributed by atoms with van der Waals surface area (Å²) in [5, 5.41) is 0. The number of hydrogen-bond acceptors (Lipinski definition) is 3. The summed E-state index contributed by atoms with van der Waals surface area (Å²) in [5.41, 5.74) is 0. The monoisotopic (exact) mass is 158 g/mol. The highest BCUT2D eigenvalue weighted by molar-refractivity contribution is 5.86. The van der Waals surface area contributed by atoms with Gasteiger partial charge in [0, 0.05) is 0 Å². The van der Waals surface area contributed by atoms with E-state index in [4.69, 9.17) is 9.47 Å². The molecule has 0 rings (SSSR count). The number of methoxy groups -OCH3 is 1. The van der Waals surface area contributed by atoms with E-state index in [1.54, 1.807) is 13.0 Å². The highest BCUT2D eigenvalue weighted by Crippen LogP contribution is 2.00. The van der Waals surface area contributed by atoms with Crippen molar-refractivity contribution in [1.82, 2.24) is 0 Å². The second-order valence-corrected chi connectivity index (χ2v) is 1.90. The molecule has 0 spiro atoms. The number of ether oxygens (including phenoxy) is 2. The van der Waals surface area contributed by atoms with E-state index >= 15 is 0 Å². The lowest BCUT2D eigenvalue weighted by Gasteiger charge is -2.03. The van der Waals surface area contributed by atoms with Crippen LogP contribution < -0.4 is 0 Å². The maximum Gasteiger partial charge on any atom is 0.373 e. The van der Waals surface area contributed by atoms with Crippen LogP contribution in [0.4, 0.5) is 0 Å². The Balaban J connectivity index is 4.03. The zero-order valence-electron chi connectivity index (χ0n) is 7.22. The molecule has 3 heteroatoms. The molecule has 0 aliphatic heterocycles. The molecule has 0 fully saturated rings. The van der Waals surface area contributed by atoms with E-state index < -0.39 is 5.97 Å². The standard InChI is InChI=1S/C8H14O3/c1-4-6-7(10-3)8(9)11-5-2/h6H,4-5H2,1-3H3. The summed E-state index contributed by atoms with van der Waals surface area (Å²) >= 11 is 0. The van der Waals surface area contributed by atoms with E-state index in [0.717, 1.165) is 6.42 Å². The summed E-state index contributed by atoms with van der Waals surface area (Å²) in [7, 11) is 1.46. The molecule has 0 aromatic carbocycles. The minimum Gasteiger partial charge on any atom is -0.490 e. The first-order valence-electron chi connectivity index (χ1n) is 3.67. The smallest absolute Gasteiger partial charge is 0.373 e. The predicted octanol–water partition coefficient (Wildman–Crippen LogP) is 1.49. The van der Waals surface area contributed by atoms with E-state index in [1.165, 1.54) is 7.11 Å². The van der Waals surface area contributed by atoms with Gasteiger partial charge in [0.1, 0.15) is 0 Å². The van der Waals surface area contributed by atoms with Crippen LogP contribution in [-0.2, 0) is 14.3 Å². The van der Waals surface area contributed by atoms with E-state index in [1.807, 2.05) is 6.92 Å². The Labute approximate surface area is 67.0 Å². The summed E-state index contributed by atoms with van der Waals surface area (Å²) in [6, 6.07) is 0. The molecule has 0 unspecified atom stereocenters. The second-order valence-electron chi connectivity index (χ2n) is 1.90. The Morgan fingerprint density at radius 1 is 1.45 bits per heavy atom. The average Bonchev–Trinajstić information content (AvgIpc) is 2.00. The van der Waals surface area contributed by atoms with Crippen LogP contribution in [0.3, 0.4) is 0 Å². The molecule has 0 aromatic rings. The highest BCUT2D eigenvalue weighted by Gasteiger charge is 2.08. The number of esters is 1. The Bertz CT molecular complexity index is 149. The lowest BCUT2D eigenvalue weighted by Crippen LogP contribution is -2.08. The fourth-order valence-corrected chi connectivity index (χ4v) is 0.638. The first-order valence-corrected chi connectivity index (χ1v) is 3.67. The largest absolute Gasteiger partial charge is 0.490 e. The van der Waals surface area contributed by atoms with Gasteiger partial charge in [0.2, 0.25) is 0 Å². The van der Waals surface area contributed by atoms with Crippen molar-refractivity contribution in [2.45, 2.75) is 20.3 Å². The van der Waals surface area contributed by atoms with E-state index in [2.05, 4.69) is 0 Å². The van der Waals surface area contributed by atoms with Crippen LogP contribution in [0.2, 0.25) is 0 Å². The fourth-order valence-electron chi connectivity index (χ4n) is 0.638. The molecule has 0 N–H and O–H groups in total. The number of carbonyl (C=O) groups excluding carboxylic acids is 1. The first kappa shape index (κ1) is 10.0. The van der Waals surface area contributed by atoms with Gasteiger partial charge in [-0.25, -0.2) is 4.79 Å². The van der Waals surface area contributed by atoms with Crippen molar-refractivity contribution >= 4 is 5.97 Å². The van der Waals surface area contributed by atoms with Gasteiger partial charge in [-0.15, -0.1) is 0 Å². The van der Waals surface area contributed by atoms with Gasteiger partial charge in [-0.1, -0.05) is 6.92 Å². The van der Waals surface area contributed by atoms with Gasteiger partial charge in [0.15, 0.2) is 5.76 Å². The number of carbonyl (C=O) groups is 1. The van der Waals surface area contributed by atoms with Crippen molar-refractivity contribution in [3.63, 3.8) is 0 Å². The maximum atomic E-state index is 10.9. The van der Waals surface area contributed by atoms with Crippen molar-refractivity contribution in [3.8, 4) is 0 Å². The fraction of sp³-hybridized carbons (Fsp3) is 0.625. The third-order valence-corrected chi connectivity index (χ3v) is 1.09. The maximum absolute atomic E-state index is 10.9. The molecule has 0 heterocycles. The summed E-state index contributed by atoms with van der Waals surface area (Å²) in [6.07, 6.45) is 2.46. The first-order chi connectivity index (χ1) is 5.26. The van der Waals surface area contributed by atoms with Gasteiger partial charge < -0.3 is 9.47 Å². The topological polar surface area (TPSA) is 35.5 Å². The van der Waals surface area contributed by atoms with Gasteiger partial charge in [-0.05, 0) is 19.4 Å². The van der Waals surface area contributed by atoms with Crippen LogP contribution in [0.5, 0.6) is 0 Å². The van der Waals surface area contributed by atoms with Crippen LogP contribution in [-0.4, -0.2) is 19.7 Å². The summed E-state index contributed by atoms with van der Waals surface area (Å²) in [4.78, 5) is 10.9. The summed E-state index contributed by atoms with van der Waals surface area (Å²) in [5.74, 6) is -0.105. The van der Waals surface area contributed by atoms with Crippen molar-refractivity contribution in [1.29, 1.82) is 0 Å². The Kier molecular flexibility index (Phi) is 5.25. The number of allylic oxidation sites excluding steroid dienone is 1. The van der Waals surface area contributed by atoms with Crippen LogP contribution >= 0.6 is 0 Å². The molecule has 0 aromatic heterocycles. The second kappa shape index (κ2) is 5.77. The van der Waals surface area contributed by atoms with Gasteiger partial charge in [-0.2, -0.15) is 0 Å². The lowest BCUT2D eigenvalue weighted by atomic mass is 10.4. The number of rotatable bonds is 4. The van der Waals surface area contributed by atoms with Crippen LogP contribution in [0.15, 0.2) is 11.8 Å². The third-order valence-electron chi connectivity index (χ3n) is 1.09. The van der Waals surface area contributed by atoms with Crippen LogP contribution in [0.25, 0.3) is 0 Å². The molecule has 0 saturated carbocycles. The zero-order valence-corrected chi connectivity index (χ0v) is 7.22. The minimum atomic E-state index is -0.392. The average molecular weight is 158 g/mol. The number of hydrogen-bond donors (Lipinski definition) is 0.